The molecule has 0 aliphatic carbocycles. The zero-order valence-corrected chi connectivity index (χ0v) is 10.6. The van der Waals surface area contributed by atoms with Crippen LogP contribution in [0.25, 0.3) is 0 Å². The molecule has 0 fully saturated rings. The quantitative estimate of drug-likeness (QED) is 0.750. The van der Waals surface area contributed by atoms with Crippen LogP contribution < -0.4 is 5.73 Å². The largest absolute Gasteiger partial charge is 0.324 e. The van der Waals surface area contributed by atoms with E-state index in [1.165, 1.54) is 0 Å². The first kappa shape index (κ1) is 11.6. The predicted octanol–water partition coefficient (Wildman–Crippen LogP) is 1.73. The third-order valence-electron chi connectivity index (χ3n) is 3.42. The maximum atomic E-state index is 12.0. The molecule has 16 heavy (non-hydrogen) atoms. The van der Waals surface area contributed by atoms with Crippen molar-refractivity contribution >= 4 is 9.84 Å². The number of rotatable bonds is 0. The Kier molecular flexibility index (Phi) is 2.59. The third kappa shape index (κ3) is 1.66. The Balaban J connectivity index is 2.74. The number of benzene rings is 1. The maximum Gasteiger partial charge on any atom is 0.179 e. The summed E-state index contributed by atoms with van der Waals surface area (Å²) >= 11 is 0. The predicted molar refractivity (Wildman–Crippen MR) is 64.1 cm³/mol. The maximum absolute atomic E-state index is 12.0. The average molecular weight is 239 g/mol. The Morgan fingerprint density at radius 3 is 2.44 bits per heavy atom. The molecular weight excluding hydrogens is 222 g/mol. The molecule has 0 amide bonds. The van der Waals surface area contributed by atoms with Crippen molar-refractivity contribution in [1.82, 2.24) is 0 Å². The number of fused-ring (bicyclic) bond motifs is 1. The molecule has 0 spiro atoms. The van der Waals surface area contributed by atoms with Gasteiger partial charge in [-0.15, -0.1) is 0 Å². The van der Waals surface area contributed by atoms with Crippen LogP contribution in [0.15, 0.2) is 17.0 Å². The van der Waals surface area contributed by atoms with Gasteiger partial charge < -0.3 is 5.73 Å². The highest BCUT2D eigenvalue weighted by atomic mass is 32.2. The molecule has 1 aromatic carbocycles. The second-order valence-electron chi connectivity index (χ2n) is 4.76. The molecule has 2 atom stereocenters. The molecule has 1 aromatic rings. The van der Waals surface area contributed by atoms with Gasteiger partial charge in [-0.1, -0.05) is 13.0 Å². The van der Waals surface area contributed by atoms with Crippen LogP contribution in [0.3, 0.4) is 0 Å². The molecule has 0 aromatic heterocycles. The number of hydrogen-bond acceptors (Lipinski definition) is 3. The van der Waals surface area contributed by atoms with E-state index >= 15 is 0 Å². The highest BCUT2D eigenvalue weighted by Crippen LogP contribution is 2.35. The molecule has 2 unspecified atom stereocenters. The van der Waals surface area contributed by atoms with Gasteiger partial charge in [0.2, 0.25) is 0 Å². The van der Waals surface area contributed by atoms with Gasteiger partial charge >= 0.3 is 0 Å². The van der Waals surface area contributed by atoms with Crippen molar-refractivity contribution in [2.45, 2.75) is 31.7 Å². The van der Waals surface area contributed by atoms with Gasteiger partial charge in [0.25, 0.3) is 0 Å². The summed E-state index contributed by atoms with van der Waals surface area (Å²) in [6.07, 6.45) is 0. The molecule has 0 saturated heterocycles. The van der Waals surface area contributed by atoms with Gasteiger partial charge in [0.15, 0.2) is 9.84 Å². The van der Waals surface area contributed by atoms with E-state index in [1.54, 1.807) is 6.07 Å². The number of sulfone groups is 1. The van der Waals surface area contributed by atoms with Crippen LogP contribution in [0.5, 0.6) is 0 Å². The molecule has 1 aliphatic rings. The van der Waals surface area contributed by atoms with Crippen LogP contribution in [0, 0.1) is 19.8 Å². The van der Waals surface area contributed by atoms with E-state index in [1.807, 2.05) is 26.8 Å². The Morgan fingerprint density at radius 1 is 1.25 bits per heavy atom. The van der Waals surface area contributed by atoms with Gasteiger partial charge in [-0.2, -0.15) is 0 Å². The normalized spacial score (nSPS) is 27.5. The molecule has 4 heteroatoms. The van der Waals surface area contributed by atoms with Crippen LogP contribution in [0.2, 0.25) is 0 Å². The number of aryl methyl sites for hydroxylation is 2. The summed E-state index contributed by atoms with van der Waals surface area (Å²) in [5.41, 5.74) is 8.94. The summed E-state index contributed by atoms with van der Waals surface area (Å²) in [6.45, 7) is 5.79. The Hall–Kier alpha value is -0.870. The highest BCUT2D eigenvalue weighted by Gasteiger charge is 2.33. The van der Waals surface area contributed by atoms with Crippen molar-refractivity contribution in [1.29, 1.82) is 0 Å². The summed E-state index contributed by atoms with van der Waals surface area (Å²) in [5.74, 6) is 0.142. The van der Waals surface area contributed by atoms with E-state index in [0.29, 0.717) is 4.90 Å². The van der Waals surface area contributed by atoms with Crippen LogP contribution in [-0.2, 0) is 9.84 Å². The summed E-state index contributed by atoms with van der Waals surface area (Å²) in [5, 5.41) is 0. The molecule has 0 bridgehead atoms. The fourth-order valence-corrected chi connectivity index (χ4v) is 4.18. The monoisotopic (exact) mass is 239 g/mol. The van der Waals surface area contributed by atoms with E-state index in [4.69, 9.17) is 5.73 Å². The van der Waals surface area contributed by atoms with Gasteiger partial charge in [0, 0.05) is 6.04 Å². The second-order valence-corrected chi connectivity index (χ2v) is 6.76. The van der Waals surface area contributed by atoms with Gasteiger partial charge in [-0.3, -0.25) is 0 Å². The molecule has 1 heterocycles. The van der Waals surface area contributed by atoms with E-state index < -0.39 is 9.84 Å². The zero-order chi connectivity index (χ0) is 12.1. The van der Waals surface area contributed by atoms with Gasteiger partial charge in [-0.05, 0) is 42.5 Å². The van der Waals surface area contributed by atoms with E-state index in [9.17, 15) is 8.42 Å². The lowest BCUT2D eigenvalue weighted by molar-refractivity contribution is 0.478. The first-order chi connectivity index (χ1) is 7.33. The zero-order valence-electron chi connectivity index (χ0n) is 9.82. The minimum atomic E-state index is -3.14. The lowest BCUT2D eigenvalue weighted by Crippen LogP contribution is -2.32. The molecule has 2 N–H and O–H groups in total. The first-order valence-corrected chi connectivity index (χ1v) is 7.07. The van der Waals surface area contributed by atoms with Crippen molar-refractivity contribution < 1.29 is 8.42 Å². The lowest BCUT2D eigenvalue weighted by Gasteiger charge is -2.29. The Bertz CT molecular complexity index is 534. The summed E-state index contributed by atoms with van der Waals surface area (Å²) in [7, 11) is -3.14. The van der Waals surface area contributed by atoms with Gasteiger partial charge in [0.1, 0.15) is 0 Å². The summed E-state index contributed by atoms with van der Waals surface area (Å²) in [4.78, 5) is 0.432. The number of nitrogens with two attached hydrogens (primary N) is 1. The van der Waals surface area contributed by atoms with Crippen LogP contribution in [0.4, 0.5) is 0 Å². The fourth-order valence-electron chi connectivity index (χ4n) is 2.19. The second kappa shape index (κ2) is 3.57. The minimum Gasteiger partial charge on any atom is -0.324 e. The first-order valence-electron chi connectivity index (χ1n) is 5.42. The van der Waals surface area contributed by atoms with Gasteiger partial charge in [-0.25, -0.2) is 8.42 Å². The molecular formula is C12H17NO2S. The van der Waals surface area contributed by atoms with Crippen molar-refractivity contribution in [3.63, 3.8) is 0 Å². The van der Waals surface area contributed by atoms with Crippen molar-refractivity contribution in [3.8, 4) is 0 Å². The smallest absolute Gasteiger partial charge is 0.179 e. The van der Waals surface area contributed by atoms with Crippen LogP contribution >= 0.6 is 0 Å². The van der Waals surface area contributed by atoms with Crippen molar-refractivity contribution in [2.75, 3.05) is 5.75 Å². The molecule has 88 valence electrons. The van der Waals surface area contributed by atoms with E-state index in [0.717, 1.165) is 16.7 Å². The van der Waals surface area contributed by atoms with Gasteiger partial charge in [0.05, 0.1) is 10.6 Å². The fraction of sp³-hybridized carbons (Fsp3) is 0.500. The lowest BCUT2D eigenvalue weighted by atomic mass is 9.93. The van der Waals surface area contributed by atoms with Crippen molar-refractivity contribution in [2.24, 2.45) is 11.7 Å². The average Bonchev–Trinajstić information content (AvgIpc) is 2.17. The Morgan fingerprint density at radius 2 is 1.81 bits per heavy atom. The van der Waals surface area contributed by atoms with Crippen LogP contribution in [0.1, 0.15) is 29.7 Å². The van der Waals surface area contributed by atoms with Crippen molar-refractivity contribution in [3.05, 3.63) is 28.8 Å². The molecule has 2 rings (SSSR count). The SMILES string of the molecule is Cc1cc2c(cc1C)S(=O)(=O)CC(C)C2N. The summed E-state index contributed by atoms with van der Waals surface area (Å²) < 4.78 is 24.1. The molecule has 0 radical (unpaired) electrons. The van der Waals surface area contributed by atoms with Crippen LogP contribution in [-0.4, -0.2) is 14.2 Å². The highest BCUT2D eigenvalue weighted by molar-refractivity contribution is 7.91. The minimum absolute atomic E-state index is 0.0143. The summed E-state index contributed by atoms with van der Waals surface area (Å²) in [6, 6.07) is 3.51. The Labute approximate surface area is 96.6 Å². The van der Waals surface area contributed by atoms with E-state index in [-0.39, 0.29) is 17.7 Å². The standard InChI is InChI=1S/C12H17NO2S/c1-7-4-10-11(5-8(7)2)16(14,15)6-9(3)12(10)13/h4-5,9,12H,6,13H2,1-3H3. The number of hydrogen-bond donors (Lipinski definition) is 1. The molecule has 0 saturated carbocycles. The third-order valence-corrected chi connectivity index (χ3v) is 5.40. The van der Waals surface area contributed by atoms with E-state index in [2.05, 4.69) is 0 Å². The molecule has 3 nitrogen and oxygen atoms in total. The topological polar surface area (TPSA) is 60.2 Å². The molecule has 1 aliphatic heterocycles.